The molecule has 310 valence electrons. The number of phosphoric acid groups is 1. The molecule has 0 aliphatic heterocycles. The Morgan fingerprint density at radius 3 is 1.43 bits per heavy atom. The van der Waals surface area contributed by atoms with Gasteiger partial charge in [-0.15, -0.1) is 0 Å². The molecule has 0 saturated heterocycles. The summed E-state index contributed by atoms with van der Waals surface area (Å²) < 4.78 is 26.3. The number of esters is 2. The van der Waals surface area contributed by atoms with Crippen molar-refractivity contribution in [3.05, 3.63) is 72.9 Å². The van der Waals surface area contributed by atoms with Crippen LogP contribution in [-0.4, -0.2) is 41.0 Å². The lowest BCUT2D eigenvalue weighted by Crippen LogP contribution is -2.29. The summed E-state index contributed by atoms with van der Waals surface area (Å²) in [4.78, 5) is 42.8. The van der Waals surface area contributed by atoms with Crippen molar-refractivity contribution in [2.24, 2.45) is 0 Å². The topological polar surface area (TPSA) is 119 Å². The highest BCUT2D eigenvalue weighted by Crippen LogP contribution is 2.36. The highest BCUT2D eigenvalue weighted by atomic mass is 31.2. The fourth-order valence-corrected chi connectivity index (χ4v) is 6.05. The molecule has 0 aliphatic carbocycles. The number of carbonyl (C=O) groups excluding carboxylic acids is 2. The molecule has 8 nitrogen and oxygen atoms in total. The molecular formula is C45H77O8P. The van der Waals surface area contributed by atoms with Gasteiger partial charge in [0, 0.05) is 12.8 Å². The van der Waals surface area contributed by atoms with Crippen molar-refractivity contribution in [3.63, 3.8) is 0 Å². The molecule has 0 spiro atoms. The largest absolute Gasteiger partial charge is 0.469 e. The summed E-state index contributed by atoms with van der Waals surface area (Å²) in [6.45, 7) is 3.47. The lowest BCUT2D eigenvalue weighted by atomic mass is 10.0. The van der Waals surface area contributed by atoms with E-state index in [0.717, 1.165) is 32.1 Å². The molecule has 0 bridgehead atoms. The maximum atomic E-state index is 12.3. The first-order valence-corrected chi connectivity index (χ1v) is 22.8. The first-order valence-electron chi connectivity index (χ1n) is 21.3. The Balaban J connectivity index is 3.93. The van der Waals surface area contributed by atoms with Crippen LogP contribution < -0.4 is 0 Å². The predicted octanol–water partition coefficient (Wildman–Crippen LogP) is 13.1. The standard InChI is InChI=1S/C45H77O8P/c1-3-5-7-9-11-13-15-17-18-19-20-21-22-23-24-25-26-28-29-31-33-35-37-39-44(46)51-41-43(42-52-54(48,49)50)53-45(47)40-38-36-34-32-30-27-16-14-12-10-8-6-4-2/h6,8,10,12,14,16,23-24,27,30,32,34,43H,3-5,7,9,11,13,15,17-22,25-26,28-29,31,33,35-42H2,1-2H3,(H2,48,49,50)/b8-6+,12-10+,16-14+,24-23+,30-27+,34-32+. The molecule has 1 unspecified atom stereocenters. The summed E-state index contributed by atoms with van der Waals surface area (Å²) in [5, 5.41) is 0. The third kappa shape index (κ3) is 42.2. The Labute approximate surface area is 329 Å². The summed E-state index contributed by atoms with van der Waals surface area (Å²) in [5.41, 5.74) is 0. The van der Waals surface area contributed by atoms with E-state index in [1.807, 2.05) is 54.7 Å². The van der Waals surface area contributed by atoms with Crippen LogP contribution in [0.1, 0.15) is 181 Å². The minimum atomic E-state index is -4.78. The van der Waals surface area contributed by atoms with Crippen molar-refractivity contribution in [2.75, 3.05) is 13.2 Å². The first kappa shape index (κ1) is 51.5. The number of phosphoric ester groups is 1. The van der Waals surface area contributed by atoms with Crippen LogP contribution in [0.5, 0.6) is 0 Å². The molecule has 0 amide bonds. The van der Waals surface area contributed by atoms with Crippen LogP contribution in [-0.2, 0) is 28.2 Å². The highest BCUT2D eigenvalue weighted by Gasteiger charge is 2.22. The average Bonchev–Trinajstić information content (AvgIpc) is 3.14. The van der Waals surface area contributed by atoms with E-state index in [9.17, 15) is 14.2 Å². The number of hydrogen-bond donors (Lipinski definition) is 2. The highest BCUT2D eigenvalue weighted by molar-refractivity contribution is 7.46. The molecule has 54 heavy (non-hydrogen) atoms. The maximum absolute atomic E-state index is 12.3. The molecule has 2 N–H and O–H groups in total. The van der Waals surface area contributed by atoms with Crippen molar-refractivity contribution in [1.82, 2.24) is 0 Å². The first-order chi connectivity index (χ1) is 26.3. The zero-order valence-electron chi connectivity index (χ0n) is 34.1. The van der Waals surface area contributed by atoms with E-state index in [0.29, 0.717) is 19.3 Å². The number of unbranched alkanes of at least 4 members (excludes halogenated alkanes) is 20. The van der Waals surface area contributed by atoms with Gasteiger partial charge in [0.15, 0.2) is 6.10 Å². The van der Waals surface area contributed by atoms with Gasteiger partial charge in [-0.25, -0.2) is 4.57 Å². The van der Waals surface area contributed by atoms with Crippen LogP contribution in [0.3, 0.4) is 0 Å². The van der Waals surface area contributed by atoms with Crippen molar-refractivity contribution in [3.8, 4) is 0 Å². The van der Waals surface area contributed by atoms with E-state index in [1.54, 1.807) is 0 Å². The molecule has 0 heterocycles. The van der Waals surface area contributed by atoms with Crippen molar-refractivity contribution < 1.29 is 37.9 Å². The second kappa shape index (κ2) is 40.2. The molecule has 9 heteroatoms. The van der Waals surface area contributed by atoms with Gasteiger partial charge in [-0.05, 0) is 51.4 Å². The zero-order valence-corrected chi connectivity index (χ0v) is 35.0. The monoisotopic (exact) mass is 777 g/mol. The molecule has 0 aromatic heterocycles. The van der Waals surface area contributed by atoms with Gasteiger partial charge < -0.3 is 19.3 Å². The lowest BCUT2D eigenvalue weighted by Gasteiger charge is -2.18. The van der Waals surface area contributed by atoms with E-state index in [2.05, 4.69) is 36.6 Å². The van der Waals surface area contributed by atoms with Crippen LogP contribution in [0, 0.1) is 0 Å². The molecule has 0 rings (SSSR count). The Kier molecular flexibility index (Phi) is 38.3. The van der Waals surface area contributed by atoms with Crippen LogP contribution in [0.25, 0.3) is 0 Å². The van der Waals surface area contributed by atoms with Gasteiger partial charge >= 0.3 is 19.8 Å². The van der Waals surface area contributed by atoms with Gasteiger partial charge in [0.05, 0.1) is 6.61 Å². The minimum absolute atomic E-state index is 0.112. The lowest BCUT2D eigenvalue weighted by molar-refractivity contribution is -0.161. The summed E-state index contributed by atoms with van der Waals surface area (Å²) in [6.07, 6.45) is 52.2. The van der Waals surface area contributed by atoms with Gasteiger partial charge in [0.25, 0.3) is 0 Å². The second-order valence-corrected chi connectivity index (χ2v) is 15.3. The number of hydrogen-bond acceptors (Lipinski definition) is 6. The summed E-state index contributed by atoms with van der Waals surface area (Å²) in [5.74, 6) is -0.980. The van der Waals surface area contributed by atoms with Crippen LogP contribution >= 0.6 is 7.82 Å². The number of rotatable bonds is 38. The third-order valence-corrected chi connectivity index (χ3v) is 9.32. The molecule has 0 fully saturated rings. The van der Waals surface area contributed by atoms with Crippen molar-refractivity contribution in [1.29, 1.82) is 0 Å². The Morgan fingerprint density at radius 1 is 0.500 bits per heavy atom. The molecule has 0 saturated carbocycles. The van der Waals surface area contributed by atoms with Crippen molar-refractivity contribution in [2.45, 2.75) is 187 Å². The minimum Gasteiger partial charge on any atom is -0.462 e. The molecular weight excluding hydrogens is 699 g/mol. The Hall–Kier alpha value is -2.51. The van der Waals surface area contributed by atoms with E-state index >= 15 is 0 Å². The third-order valence-electron chi connectivity index (χ3n) is 8.84. The Bertz CT molecular complexity index is 1100. The zero-order chi connectivity index (χ0) is 39.6. The molecule has 0 aromatic rings. The Morgan fingerprint density at radius 2 is 0.926 bits per heavy atom. The van der Waals surface area contributed by atoms with Crippen LogP contribution in [0.15, 0.2) is 72.9 Å². The van der Waals surface area contributed by atoms with Gasteiger partial charge in [0.2, 0.25) is 0 Å². The summed E-state index contributed by atoms with van der Waals surface area (Å²) in [7, 11) is -4.78. The predicted molar refractivity (Wildman–Crippen MR) is 225 cm³/mol. The number of ether oxygens (including phenoxy) is 2. The number of allylic oxidation sites excluding steroid dienone is 12. The van der Waals surface area contributed by atoms with E-state index in [1.165, 1.54) is 103 Å². The number of carbonyl (C=O) groups is 2. The van der Waals surface area contributed by atoms with Gasteiger partial charge in [-0.1, -0.05) is 189 Å². The van der Waals surface area contributed by atoms with Crippen LogP contribution in [0.2, 0.25) is 0 Å². The fourth-order valence-electron chi connectivity index (χ4n) is 5.69. The second-order valence-electron chi connectivity index (χ2n) is 14.1. The quantitative estimate of drug-likeness (QED) is 0.0209. The summed E-state index contributed by atoms with van der Waals surface area (Å²) >= 11 is 0. The maximum Gasteiger partial charge on any atom is 0.469 e. The van der Waals surface area contributed by atoms with Gasteiger partial charge in [-0.2, -0.15) is 0 Å². The summed E-state index contributed by atoms with van der Waals surface area (Å²) in [6, 6.07) is 0. The molecule has 0 aliphatic rings. The van der Waals surface area contributed by atoms with E-state index in [-0.39, 0.29) is 19.4 Å². The van der Waals surface area contributed by atoms with E-state index in [4.69, 9.17) is 19.3 Å². The molecule has 1 atom stereocenters. The smallest absolute Gasteiger partial charge is 0.462 e. The van der Waals surface area contributed by atoms with E-state index < -0.39 is 32.5 Å². The SMILES string of the molecule is CC/C=C/C=C/C=C/C=C/C=C/CCCC(=O)OC(COC(=O)CCCCCCCCC/C=C/CCCCCCCCCCCCCC)COP(=O)(O)O. The van der Waals surface area contributed by atoms with Crippen molar-refractivity contribution >= 4 is 19.8 Å². The van der Waals surface area contributed by atoms with Gasteiger partial charge in [-0.3, -0.25) is 14.1 Å². The fraction of sp³-hybridized carbons (Fsp3) is 0.689. The molecule has 0 radical (unpaired) electrons. The average molecular weight is 777 g/mol. The van der Waals surface area contributed by atoms with Crippen LogP contribution in [0.4, 0.5) is 0 Å². The van der Waals surface area contributed by atoms with Gasteiger partial charge in [0.1, 0.15) is 6.61 Å². The molecule has 0 aromatic carbocycles. The normalized spacial score (nSPS) is 13.2.